The fourth-order valence-electron chi connectivity index (χ4n) is 0.946. The number of carbonyl (C=O) groups is 1. The van der Waals surface area contributed by atoms with Crippen molar-refractivity contribution in [2.75, 3.05) is 5.73 Å². The van der Waals surface area contributed by atoms with Gasteiger partial charge in [0.1, 0.15) is 17.0 Å². The molecular formula is C10H13IN2O2. The van der Waals surface area contributed by atoms with Crippen LogP contribution >= 0.6 is 22.6 Å². The van der Waals surface area contributed by atoms with Crippen molar-refractivity contribution >= 4 is 34.4 Å². The number of rotatable bonds is 1. The van der Waals surface area contributed by atoms with Gasteiger partial charge in [0.25, 0.3) is 0 Å². The van der Waals surface area contributed by atoms with Gasteiger partial charge in [-0.15, -0.1) is 0 Å². The van der Waals surface area contributed by atoms with Crippen molar-refractivity contribution in [3.63, 3.8) is 0 Å². The molecule has 1 aromatic rings. The molecular weight excluding hydrogens is 307 g/mol. The SMILES string of the molecule is CC(C)(C)OC(=O)c1cc(I)cnc1N. The summed E-state index contributed by atoms with van der Waals surface area (Å²) in [4.78, 5) is 15.6. The first-order chi connectivity index (χ1) is 6.79. The number of halogens is 1. The fourth-order valence-corrected chi connectivity index (χ4v) is 1.40. The second-order valence-electron chi connectivity index (χ2n) is 4.09. The molecule has 0 saturated carbocycles. The van der Waals surface area contributed by atoms with Crippen LogP contribution in [0.25, 0.3) is 0 Å². The molecule has 0 radical (unpaired) electrons. The second-order valence-corrected chi connectivity index (χ2v) is 5.33. The summed E-state index contributed by atoms with van der Waals surface area (Å²) in [5.41, 5.74) is 5.39. The highest BCUT2D eigenvalue weighted by Gasteiger charge is 2.20. The number of nitrogen functional groups attached to an aromatic ring is 1. The van der Waals surface area contributed by atoms with Gasteiger partial charge in [0.05, 0.1) is 0 Å². The molecule has 4 nitrogen and oxygen atoms in total. The Balaban J connectivity index is 2.96. The lowest BCUT2D eigenvalue weighted by atomic mass is 10.2. The summed E-state index contributed by atoms with van der Waals surface area (Å²) in [6.45, 7) is 5.42. The van der Waals surface area contributed by atoms with Gasteiger partial charge in [-0.2, -0.15) is 0 Å². The van der Waals surface area contributed by atoms with Gasteiger partial charge in [-0.3, -0.25) is 0 Å². The van der Waals surface area contributed by atoms with Crippen molar-refractivity contribution in [1.29, 1.82) is 0 Å². The molecule has 0 unspecified atom stereocenters. The number of anilines is 1. The normalized spacial score (nSPS) is 11.2. The number of ether oxygens (including phenoxy) is 1. The third-order valence-electron chi connectivity index (χ3n) is 1.50. The first kappa shape index (κ1) is 12.2. The predicted molar refractivity (Wildman–Crippen MR) is 66.5 cm³/mol. The molecule has 82 valence electrons. The van der Waals surface area contributed by atoms with Crippen LogP contribution in [0.1, 0.15) is 31.1 Å². The highest BCUT2D eigenvalue weighted by Crippen LogP contribution is 2.17. The monoisotopic (exact) mass is 320 g/mol. The van der Waals surface area contributed by atoms with E-state index in [4.69, 9.17) is 10.5 Å². The molecule has 0 fully saturated rings. The van der Waals surface area contributed by atoms with Crippen LogP contribution in [0.3, 0.4) is 0 Å². The molecule has 0 saturated heterocycles. The summed E-state index contributed by atoms with van der Waals surface area (Å²) in [5, 5.41) is 0. The molecule has 0 bridgehead atoms. The number of esters is 1. The summed E-state index contributed by atoms with van der Waals surface area (Å²) < 4.78 is 6.05. The van der Waals surface area contributed by atoms with Crippen molar-refractivity contribution in [1.82, 2.24) is 4.98 Å². The summed E-state index contributed by atoms with van der Waals surface area (Å²) >= 11 is 2.07. The van der Waals surface area contributed by atoms with Crippen LogP contribution in [0, 0.1) is 3.57 Å². The molecule has 2 N–H and O–H groups in total. The van der Waals surface area contributed by atoms with Crippen molar-refractivity contribution in [2.45, 2.75) is 26.4 Å². The summed E-state index contributed by atoms with van der Waals surface area (Å²) in [7, 11) is 0. The topological polar surface area (TPSA) is 65.2 Å². The van der Waals surface area contributed by atoms with Gasteiger partial charge in [-0.1, -0.05) is 0 Å². The largest absolute Gasteiger partial charge is 0.456 e. The fraction of sp³-hybridized carbons (Fsp3) is 0.400. The number of carbonyl (C=O) groups excluding carboxylic acids is 1. The molecule has 1 rings (SSSR count). The zero-order valence-electron chi connectivity index (χ0n) is 8.87. The Morgan fingerprint density at radius 1 is 1.53 bits per heavy atom. The average molecular weight is 320 g/mol. The van der Waals surface area contributed by atoms with E-state index in [0.29, 0.717) is 5.56 Å². The Hall–Kier alpha value is -0.850. The molecule has 5 heteroatoms. The second kappa shape index (κ2) is 4.34. The number of pyridine rings is 1. The average Bonchev–Trinajstić information content (AvgIpc) is 2.06. The van der Waals surface area contributed by atoms with Crippen molar-refractivity contribution in [3.8, 4) is 0 Å². The maximum absolute atomic E-state index is 11.7. The molecule has 0 spiro atoms. The highest BCUT2D eigenvalue weighted by atomic mass is 127. The zero-order valence-corrected chi connectivity index (χ0v) is 11.0. The maximum Gasteiger partial charge on any atom is 0.342 e. The first-order valence-corrected chi connectivity index (χ1v) is 5.52. The summed E-state index contributed by atoms with van der Waals surface area (Å²) in [5.74, 6) is -0.240. The molecule has 0 atom stereocenters. The maximum atomic E-state index is 11.7. The van der Waals surface area contributed by atoms with Crippen LogP contribution in [0.2, 0.25) is 0 Å². The molecule has 0 aliphatic heterocycles. The lowest BCUT2D eigenvalue weighted by Gasteiger charge is -2.19. The van der Waals surface area contributed by atoms with E-state index in [1.54, 1.807) is 12.3 Å². The Morgan fingerprint density at radius 3 is 2.67 bits per heavy atom. The van der Waals surface area contributed by atoms with E-state index < -0.39 is 11.6 Å². The Labute approximate surface area is 102 Å². The van der Waals surface area contributed by atoms with E-state index in [-0.39, 0.29) is 5.82 Å². The minimum atomic E-state index is -0.523. The van der Waals surface area contributed by atoms with Crippen molar-refractivity contribution < 1.29 is 9.53 Å². The number of nitrogens with zero attached hydrogens (tertiary/aromatic N) is 1. The third kappa shape index (κ3) is 3.65. The van der Waals surface area contributed by atoms with E-state index in [9.17, 15) is 4.79 Å². The third-order valence-corrected chi connectivity index (χ3v) is 2.09. The number of hydrogen-bond donors (Lipinski definition) is 1. The van der Waals surface area contributed by atoms with Gasteiger partial charge >= 0.3 is 5.97 Å². The molecule has 1 aromatic heterocycles. The van der Waals surface area contributed by atoms with Gasteiger partial charge in [-0.05, 0) is 49.4 Å². The number of hydrogen-bond acceptors (Lipinski definition) is 4. The van der Waals surface area contributed by atoms with E-state index >= 15 is 0 Å². The first-order valence-electron chi connectivity index (χ1n) is 4.44. The number of nitrogens with two attached hydrogens (primary N) is 1. The smallest absolute Gasteiger partial charge is 0.342 e. The minimum absolute atomic E-state index is 0.199. The zero-order chi connectivity index (χ0) is 11.6. The van der Waals surface area contributed by atoms with Crippen LogP contribution in [0.4, 0.5) is 5.82 Å². The quantitative estimate of drug-likeness (QED) is 0.636. The van der Waals surface area contributed by atoms with Gasteiger partial charge in [0.2, 0.25) is 0 Å². The van der Waals surface area contributed by atoms with Gasteiger partial charge < -0.3 is 10.5 Å². The van der Waals surface area contributed by atoms with Crippen LogP contribution in [-0.4, -0.2) is 16.6 Å². The van der Waals surface area contributed by atoms with Crippen LogP contribution in [0.5, 0.6) is 0 Å². The predicted octanol–water partition coefficient (Wildman–Crippen LogP) is 2.22. The van der Waals surface area contributed by atoms with Crippen LogP contribution in [-0.2, 0) is 4.74 Å². The van der Waals surface area contributed by atoms with E-state index in [1.165, 1.54) is 0 Å². The van der Waals surface area contributed by atoms with Gasteiger partial charge in [0.15, 0.2) is 0 Å². The minimum Gasteiger partial charge on any atom is -0.456 e. The molecule has 0 aliphatic rings. The van der Waals surface area contributed by atoms with Crippen molar-refractivity contribution in [2.24, 2.45) is 0 Å². The summed E-state index contributed by atoms with van der Waals surface area (Å²) in [6.07, 6.45) is 1.60. The molecule has 0 aliphatic carbocycles. The Bertz CT molecular complexity index is 385. The Morgan fingerprint density at radius 2 is 2.13 bits per heavy atom. The molecule has 1 heterocycles. The lowest BCUT2D eigenvalue weighted by molar-refractivity contribution is 0.00704. The van der Waals surface area contributed by atoms with Gasteiger partial charge in [0, 0.05) is 9.77 Å². The highest BCUT2D eigenvalue weighted by molar-refractivity contribution is 14.1. The number of aromatic nitrogens is 1. The molecule has 0 aromatic carbocycles. The van der Waals surface area contributed by atoms with E-state index in [2.05, 4.69) is 27.6 Å². The van der Waals surface area contributed by atoms with E-state index in [1.807, 2.05) is 20.8 Å². The molecule has 0 amide bonds. The van der Waals surface area contributed by atoms with Crippen LogP contribution < -0.4 is 5.73 Å². The van der Waals surface area contributed by atoms with Crippen LogP contribution in [0.15, 0.2) is 12.3 Å². The standard InChI is InChI=1S/C10H13IN2O2/c1-10(2,3)15-9(14)7-4-6(11)5-13-8(7)12/h4-5H,1-3H3,(H2,12,13). The lowest BCUT2D eigenvalue weighted by Crippen LogP contribution is -2.24. The van der Waals surface area contributed by atoms with E-state index in [0.717, 1.165) is 3.57 Å². The molecule has 15 heavy (non-hydrogen) atoms. The van der Waals surface area contributed by atoms with Gasteiger partial charge in [-0.25, -0.2) is 9.78 Å². The van der Waals surface area contributed by atoms with Crippen molar-refractivity contribution in [3.05, 3.63) is 21.4 Å². The Kier molecular flexibility index (Phi) is 3.54. The summed E-state index contributed by atoms with van der Waals surface area (Å²) in [6, 6.07) is 1.66.